The van der Waals surface area contributed by atoms with Crippen molar-refractivity contribution in [3.63, 3.8) is 0 Å². The standard InChI is InChI=1S/C28H27ClF2N6O2/c1-39-14-13-36-16-21(19-7-8-22(30)23(31)15-19)24(17-36)33-28(38)34-27-25(29)26(18-9-11-32-12-10-18)35-37(27)20-5-3-2-4-6-20/h2-12,15,21,24H,13-14,16-17H2,1H3,(H2,33,34,38)/t21-,24+/m0/s1. The number of urea groups is 1. The fraction of sp³-hybridized carbons (Fsp3) is 0.250. The molecule has 5 rings (SSSR count). The van der Waals surface area contributed by atoms with Crippen molar-refractivity contribution in [1.82, 2.24) is 25.0 Å². The maximum atomic E-state index is 14.1. The Balaban J connectivity index is 1.42. The number of benzene rings is 2. The number of ether oxygens (including phenoxy) is 1. The van der Waals surface area contributed by atoms with E-state index in [1.165, 1.54) is 6.07 Å². The van der Waals surface area contributed by atoms with E-state index in [9.17, 15) is 13.6 Å². The van der Waals surface area contributed by atoms with Crippen LogP contribution in [-0.4, -0.2) is 65.1 Å². The third kappa shape index (κ3) is 5.93. The first-order chi connectivity index (χ1) is 18.9. The van der Waals surface area contributed by atoms with Gasteiger partial charge < -0.3 is 10.1 Å². The molecule has 0 bridgehead atoms. The minimum atomic E-state index is -0.923. The Morgan fingerprint density at radius 1 is 1.08 bits per heavy atom. The van der Waals surface area contributed by atoms with Gasteiger partial charge in [0.05, 0.1) is 18.3 Å². The minimum absolute atomic E-state index is 0.260. The van der Waals surface area contributed by atoms with Crippen LogP contribution in [0.3, 0.4) is 0 Å². The summed E-state index contributed by atoms with van der Waals surface area (Å²) in [6.45, 7) is 2.20. The predicted molar refractivity (Wildman–Crippen MR) is 145 cm³/mol. The van der Waals surface area contributed by atoms with Gasteiger partial charge in [0.1, 0.15) is 10.7 Å². The zero-order chi connectivity index (χ0) is 27.4. The van der Waals surface area contributed by atoms with Crippen molar-refractivity contribution >= 4 is 23.4 Å². The van der Waals surface area contributed by atoms with Crippen molar-refractivity contribution in [2.45, 2.75) is 12.0 Å². The first-order valence-electron chi connectivity index (χ1n) is 12.4. The Bertz CT molecular complexity index is 1440. The Morgan fingerprint density at radius 2 is 1.85 bits per heavy atom. The summed E-state index contributed by atoms with van der Waals surface area (Å²) >= 11 is 6.77. The number of hydrogen-bond donors (Lipinski definition) is 2. The van der Waals surface area contributed by atoms with Gasteiger partial charge in [-0.05, 0) is 42.0 Å². The van der Waals surface area contributed by atoms with E-state index < -0.39 is 17.7 Å². The van der Waals surface area contributed by atoms with E-state index >= 15 is 0 Å². The first-order valence-corrected chi connectivity index (χ1v) is 12.8. The van der Waals surface area contributed by atoms with E-state index in [4.69, 9.17) is 16.3 Å². The number of hydrogen-bond acceptors (Lipinski definition) is 5. The number of carbonyl (C=O) groups excluding carboxylic acids is 1. The third-order valence-corrected chi connectivity index (χ3v) is 7.07. The molecule has 39 heavy (non-hydrogen) atoms. The molecule has 8 nitrogen and oxygen atoms in total. The van der Waals surface area contributed by atoms with Crippen LogP contribution in [-0.2, 0) is 4.74 Å². The van der Waals surface area contributed by atoms with Crippen molar-refractivity contribution in [3.8, 4) is 16.9 Å². The van der Waals surface area contributed by atoms with Crippen molar-refractivity contribution in [1.29, 1.82) is 0 Å². The number of halogens is 3. The molecule has 202 valence electrons. The van der Waals surface area contributed by atoms with Gasteiger partial charge in [0.15, 0.2) is 17.5 Å². The molecule has 1 aliphatic rings. The van der Waals surface area contributed by atoms with E-state index in [0.29, 0.717) is 49.0 Å². The van der Waals surface area contributed by atoms with Gasteiger partial charge in [0.2, 0.25) is 0 Å². The molecule has 0 radical (unpaired) electrons. The highest BCUT2D eigenvalue weighted by Crippen LogP contribution is 2.35. The Morgan fingerprint density at radius 3 is 2.56 bits per heavy atom. The monoisotopic (exact) mass is 552 g/mol. The van der Waals surface area contributed by atoms with E-state index in [1.807, 2.05) is 30.3 Å². The van der Waals surface area contributed by atoms with Crippen molar-refractivity contribution in [2.75, 3.05) is 38.7 Å². The molecule has 3 heterocycles. The van der Waals surface area contributed by atoms with Crippen LogP contribution in [0.25, 0.3) is 16.9 Å². The number of nitrogens with zero attached hydrogens (tertiary/aromatic N) is 4. The minimum Gasteiger partial charge on any atom is -0.383 e. The van der Waals surface area contributed by atoms with E-state index in [0.717, 1.165) is 11.6 Å². The lowest BCUT2D eigenvalue weighted by Crippen LogP contribution is -2.42. The summed E-state index contributed by atoms with van der Waals surface area (Å²) in [6.07, 6.45) is 3.28. The Labute approximate surface area is 229 Å². The third-order valence-electron chi connectivity index (χ3n) is 6.71. The summed E-state index contributed by atoms with van der Waals surface area (Å²) < 4.78 is 34.5. The summed E-state index contributed by atoms with van der Waals surface area (Å²) in [5.74, 6) is -1.80. The number of rotatable bonds is 8. The molecule has 2 amide bonds. The van der Waals surface area contributed by atoms with Crippen LogP contribution < -0.4 is 10.6 Å². The molecule has 0 saturated carbocycles. The highest BCUT2D eigenvalue weighted by atomic mass is 35.5. The first kappa shape index (κ1) is 26.7. The van der Waals surface area contributed by atoms with Crippen LogP contribution in [0.5, 0.6) is 0 Å². The predicted octanol–water partition coefficient (Wildman–Crippen LogP) is 5.10. The second-order valence-electron chi connectivity index (χ2n) is 9.23. The molecule has 2 aromatic heterocycles. The van der Waals surface area contributed by atoms with E-state index in [-0.39, 0.29) is 17.0 Å². The largest absolute Gasteiger partial charge is 0.383 e. The molecule has 0 unspecified atom stereocenters. The second kappa shape index (κ2) is 11.9. The zero-order valence-corrected chi connectivity index (χ0v) is 21.9. The highest BCUT2D eigenvalue weighted by molar-refractivity contribution is 6.36. The van der Waals surface area contributed by atoms with E-state index in [2.05, 4.69) is 25.6 Å². The fourth-order valence-corrected chi connectivity index (χ4v) is 5.06. The number of nitrogens with one attached hydrogen (secondary N) is 2. The van der Waals surface area contributed by atoms with Crippen molar-refractivity contribution in [2.24, 2.45) is 0 Å². The maximum absolute atomic E-state index is 14.1. The van der Waals surface area contributed by atoms with Gasteiger partial charge in [-0.2, -0.15) is 5.10 Å². The summed E-state index contributed by atoms with van der Waals surface area (Å²) in [5.41, 5.74) is 2.55. The molecule has 2 aromatic carbocycles. The molecule has 4 aromatic rings. The number of pyridine rings is 1. The van der Waals surface area contributed by atoms with Gasteiger partial charge in [-0.15, -0.1) is 0 Å². The lowest BCUT2D eigenvalue weighted by Gasteiger charge is -2.21. The molecular formula is C28H27ClF2N6O2. The van der Waals surface area contributed by atoms with Crippen LogP contribution in [0.4, 0.5) is 19.4 Å². The quantitative estimate of drug-likeness (QED) is 0.318. The van der Waals surface area contributed by atoms with Gasteiger partial charge >= 0.3 is 6.03 Å². The average Bonchev–Trinajstić information content (AvgIpc) is 3.50. The number of carbonyl (C=O) groups is 1. The van der Waals surface area contributed by atoms with Crippen LogP contribution in [0.15, 0.2) is 73.1 Å². The molecule has 11 heteroatoms. The van der Waals surface area contributed by atoms with Gasteiger partial charge in [-0.3, -0.25) is 15.2 Å². The average molecular weight is 553 g/mol. The number of anilines is 1. The molecule has 0 aliphatic carbocycles. The maximum Gasteiger partial charge on any atom is 0.320 e. The fourth-order valence-electron chi connectivity index (χ4n) is 4.78. The van der Waals surface area contributed by atoms with Crippen LogP contribution >= 0.6 is 11.6 Å². The molecule has 1 fully saturated rings. The van der Waals surface area contributed by atoms with Gasteiger partial charge in [0, 0.05) is 50.6 Å². The Hall–Kier alpha value is -3.86. The Kier molecular flexibility index (Phi) is 8.16. The number of aromatic nitrogens is 3. The van der Waals surface area contributed by atoms with Crippen molar-refractivity contribution in [3.05, 3.63) is 95.3 Å². The molecule has 1 aliphatic heterocycles. The lowest BCUT2D eigenvalue weighted by molar-refractivity contribution is 0.159. The van der Waals surface area contributed by atoms with Crippen LogP contribution in [0, 0.1) is 11.6 Å². The normalized spacial score (nSPS) is 17.3. The van der Waals surface area contributed by atoms with Crippen LogP contribution in [0.1, 0.15) is 11.5 Å². The van der Waals surface area contributed by atoms with Gasteiger partial charge in [-0.1, -0.05) is 35.9 Å². The number of methoxy groups -OCH3 is 1. The molecular weight excluding hydrogens is 526 g/mol. The number of likely N-dealkylation sites (tertiary alicyclic amines) is 1. The van der Waals surface area contributed by atoms with Crippen LogP contribution in [0.2, 0.25) is 5.02 Å². The summed E-state index contributed by atoms with van der Waals surface area (Å²) in [6, 6.07) is 15.9. The zero-order valence-electron chi connectivity index (χ0n) is 21.2. The molecule has 2 N–H and O–H groups in total. The molecule has 2 atom stereocenters. The topological polar surface area (TPSA) is 84.3 Å². The summed E-state index contributed by atoms with van der Waals surface area (Å²) in [5, 5.41) is 10.8. The second-order valence-corrected chi connectivity index (χ2v) is 9.61. The molecule has 1 saturated heterocycles. The van der Waals surface area contributed by atoms with Crippen molar-refractivity contribution < 1.29 is 18.3 Å². The number of amides is 2. The lowest BCUT2D eigenvalue weighted by atomic mass is 9.94. The molecule has 0 spiro atoms. The summed E-state index contributed by atoms with van der Waals surface area (Å²) in [4.78, 5) is 19.5. The highest BCUT2D eigenvalue weighted by Gasteiger charge is 2.35. The smallest absolute Gasteiger partial charge is 0.320 e. The SMILES string of the molecule is COCCN1C[C@@H](NC(=O)Nc2c(Cl)c(-c3ccncc3)nn2-c2ccccc2)[C@H](c2ccc(F)c(F)c2)C1. The van der Waals surface area contributed by atoms with E-state index in [1.54, 1.807) is 42.4 Å². The number of para-hydroxylation sites is 1. The van der Waals surface area contributed by atoms with Gasteiger partial charge in [-0.25, -0.2) is 18.3 Å². The van der Waals surface area contributed by atoms with Gasteiger partial charge in [0.25, 0.3) is 0 Å². The summed E-state index contributed by atoms with van der Waals surface area (Å²) in [7, 11) is 1.62.